The van der Waals surface area contributed by atoms with E-state index >= 15 is 0 Å². The highest BCUT2D eigenvalue weighted by molar-refractivity contribution is 7.13. The molecule has 2 aromatic heterocycles. The lowest BCUT2D eigenvalue weighted by Gasteiger charge is -2.19. The van der Waals surface area contributed by atoms with Crippen LogP contribution in [0.3, 0.4) is 0 Å². The van der Waals surface area contributed by atoms with Gasteiger partial charge in [0.15, 0.2) is 6.04 Å². The topological polar surface area (TPSA) is 72.5 Å². The lowest BCUT2D eigenvalue weighted by molar-refractivity contribution is -0.925. The second kappa shape index (κ2) is 7.58. The van der Waals surface area contributed by atoms with Gasteiger partial charge in [0, 0.05) is 18.2 Å². The Labute approximate surface area is 150 Å². The number of quaternary nitrogens is 1. The summed E-state index contributed by atoms with van der Waals surface area (Å²) in [6, 6.07) is 11.6. The molecule has 2 N–H and O–H groups in total. The molecule has 0 saturated carbocycles. The average molecular weight is 357 g/mol. The fourth-order valence-corrected chi connectivity index (χ4v) is 3.16. The number of benzene rings is 1. The van der Waals surface area contributed by atoms with E-state index in [-0.39, 0.29) is 11.9 Å². The number of aromatic nitrogens is 2. The van der Waals surface area contributed by atoms with Crippen LogP contribution in [0.5, 0.6) is 0 Å². The smallest absolute Gasteiger partial charge is 0.274 e. The molecule has 0 aliphatic carbocycles. The third kappa shape index (κ3) is 3.94. The molecule has 25 heavy (non-hydrogen) atoms. The number of thiophene rings is 1. The first kappa shape index (κ1) is 17.3. The molecule has 130 valence electrons. The molecule has 0 bridgehead atoms. The van der Waals surface area contributed by atoms with Gasteiger partial charge < -0.3 is 14.6 Å². The van der Waals surface area contributed by atoms with Crippen molar-refractivity contribution < 1.29 is 14.1 Å². The minimum absolute atomic E-state index is 0.0693. The van der Waals surface area contributed by atoms with Crippen molar-refractivity contribution in [3.63, 3.8) is 0 Å². The van der Waals surface area contributed by atoms with Gasteiger partial charge in [-0.15, -0.1) is 21.5 Å². The van der Waals surface area contributed by atoms with E-state index in [1.165, 1.54) is 4.90 Å². The van der Waals surface area contributed by atoms with Crippen LogP contribution in [0.4, 0.5) is 0 Å². The summed E-state index contributed by atoms with van der Waals surface area (Å²) in [5.41, 5.74) is 1.81. The normalized spacial score (nSPS) is 13.4. The summed E-state index contributed by atoms with van der Waals surface area (Å²) in [5.74, 6) is 1.12. The predicted octanol–water partition coefficient (Wildman–Crippen LogP) is 1.93. The van der Waals surface area contributed by atoms with E-state index in [1.54, 1.807) is 18.4 Å². The van der Waals surface area contributed by atoms with Crippen LogP contribution in [0.25, 0.3) is 10.8 Å². The van der Waals surface area contributed by atoms with E-state index in [4.69, 9.17) is 4.42 Å². The minimum atomic E-state index is -0.0763. The Morgan fingerprint density at radius 3 is 2.68 bits per heavy atom. The highest BCUT2D eigenvalue weighted by Crippen LogP contribution is 2.24. The van der Waals surface area contributed by atoms with E-state index in [9.17, 15) is 4.79 Å². The zero-order valence-electron chi connectivity index (χ0n) is 14.4. The summed E-state index contributed by atoms with van der Waals surface area (Å²) < 4.78 is 5.83. The molecule has 0 saturated heterocycles. The first-order valence-electron chi connectivity index (χ1n) is 8.09. The summed E-state index contributed by atoms with van der Waals surface area (Å²) in [7, 11) is 3.72. The van der Waals surface area contributed by atoms with E-state index in [0.717, 1.165) is 17.0 Å². The number of nitrogens with one attached hydrogen (secondary N) is 2. The Hall–Kier alpha value is -2.51. The third-order valence-electron chi connectivity index (χ3n) is 4.21. The van der Waals surface area contributed by atoms with Crippen molar-refractivity contribution in [2.75, 3.05) is 14.1 Å². The predicted molar refractivity (Wildman–Crippen MR) is 96.4 cm³/mol. The molecule has 0 radical (unpaired) electrons. The minimum Gasteiger partial charge on any atom is -0.414 e. The maximum Gasteiger partial charge on any atom is 0.274 e. The third-order valence-corrected chi connectivity index (χ3v) is 5.07. The SMILES string of the molecule is CNC(=O)c1ccc(C[NH+](C)[C@H](C)c2nnc(-c3cccs3)o2)cc1. The summed E-state index contributed by atoms with van der Waals surface area (Å²) in [6.07, 6.45) is 0. The highest BCUT2D eigenvalue weighted by Gasteiger charge is 2.23. The number of carbonyl (C=O) groups is 1. The Bertz CT molecular complexity index is 827. The van der Waals surface area contributed by atoms with Crippen molar-refractivity contribution in [1.29, 1.82) is 0 Å². The van der Waals surface area contributed by atoms with Gasteiger partial charge in [0.1, 0.15) is 6.54 Å². The molecule has 3 rings (SSSR count). The summed E-state index contributed by atoms with van der Waals surface area (Å²) in [5, 5.41) is 13.0. The van der Waals surface area contributed by atoms with Crippen LogP contribution < -0.4 is 10.2 Å². The molecular formula is C18H21N4O2S+. The lowest BCUT2D eigenvalue weighted by Crippen LogP contribution is -3.07. The second-order valence-corrected chi connectivity index (χ2v) is 6.89. The molecule has 2 heterocycles. The van der Waals surface area contributed by atoms with Crippen LogP contribution >= 0.6 is 11.3 Å². The Morgan fingerprint density at radius 1 is 1.28 bits per heavy atom. The van der Waals surface area contributed by atoms with Crippen LogP contribution in [-0.2, 0) is 6.54 Å². The van der Waals surface area contributed by atoms with Crippen molar-refractivity contribution in [2.24, 2.45) is 0 Å². The number of nitrogens with zero attached hydrogens (tertiary/aromatic N) is 2. The number of hydrogen-bond donors (Lipinski definition) is 2. The average Bonchev–Trinajstić information content (AvgIpc) is 3.32. The van der Waals surface area contributed by atoms with E-state index in [1.807, 2.05) is 41.8 Å². The van der Waals surface area contributed by atoms with Crippen LogP contribution in [0.2, 0.25) is 0 Å². The van der Waals surface area contributed by atoms with Gasteiger partial charge in [-0.3, -0.25) is 4.79 Å². The van der Waals surface area contributed by atoms with Gasteiger partial charge in [0.05, 0.1) is 11.9 Å². The molecule has 6 nitrogen and oxygen atoms in total. The summed E-state index contributed by atoms with van der Waals surface area (Å²) in [4.78, 5) is 13.8. The molecule has 2 atom stereocenters. The van der Waals surface area contributed by atoms with E-state index in [2.05, 4.69) is 29.5 Å². The Morgan fingerprint density at radius 2 is 2.04 bits per heavy atom. The summed E-state index contributed by atoms with van der Waals surface area (Å²) >= 11 is 1.58. The Kier molecular flexibility index (Phi) is 5.25. The van der Waals surface area contributed by atoms with Gasteiger partial charge >= 0.3 is 0 Å². The van der Waals surface area contributed by atoms with Crippen LogP contribution in [0, 0.1) is 0 Å². The van der Waals surface area contributed by atoms with Crippen LogP contribution in [0.15, 0.2) is 46.2 Å². The van der Waals surface area contributed by atoms with Crippen molar-refractivity contribution in [3.8, 4) is 10.8 Å². The van der Waals surface area contributed by atoms with Crippen LogP contribution in [0.1, 0.15) is 34.8 Å². The first-order chi connectivity index (χ1) is 12.1. The van der Waals surface area contributed by atoms with E-state index < -0.39 is 0 Å². The lowest BCUT2D eigenvalue weighted by atomic mass is 10.1. The molecule has 0 aliphatic rings. The molecule has 0 aliphatic heterocycles. The Balaban J connectivity index is 1.66. The van der Waals surface area contributed by atoms with Crippen molar-refractivity contribution in [3.05, 3.63) is 58.8 Å². The molecule has 1 unspecified atom stereocenters. The van der Waals surface area contributed by atoms with Gasteiger partial charge in [0.2, 0.25) is 0 Å². The maximum atomic E-state index is 11.6. The zero-order valence-corrected chi connectivity index (χ0v) is 15.3. The fraction of sp³-hybridized carbons (Fsp3) is 0.278. The van der Waals surface area contributed by atoms with Gasteiger partial charge in [-0.05, 0) is 30.5 Å². The molecule has 1 aromatic carbocycles. The van der Waals surface area contributed by atoms with Gasteiger partial charge in [-0.1, -0.05) is 18.2 Å². The summed E-state index contributed by atoms with van der Waals surface area (Å²) in [6.45, 7) is 2.87. The molecular weight excluding hydrogens is 336 g/mol. The van der Waals surface area contributed by atoms with Gasteiger partial charge in [-0.2, -0.15) is 0 Å². The van der Waals surface area contributed by atoms with Gasteiger partial charge in [0.25, 0.3) is 17.7 Å². The highest BCUT2D eigenvalue weighted by atomic mass is 32.1. The number of carbonyl (C=O) groups excluding carboxylic acids is 1. The number of hydrogen-bond acceptors (Lipinski definition) is 5. The molecule has 3 aromatic rings. The van der Waals surface area contributed by atoms with Crippen molar-refractivity contribution >= 4 is 17.2 Å². The van der Waals surface area contributed by atoms with Crippen LogP contribution in [-0.4, -0.2) is 30.2 Å². The molecule has 0 spiro atoms. The standard InChI is InChI=1S/C18H20N4O2S/c1-12(17-20-21-18(24-17)15-5-4-10-25-15)22(3)11-13-6-8-14(9-7-13)16(23)19-2/h4-10,12H,11H2,1-3H3,(H,19,23)/p+1/t12-/m1/s1. The van der Waals surface area contributed by atoms with E-state index in [0.29, 0.717) is 17.3 Å². The van der Waals surface area contributed by atoms with Gasteiger partial charge in [-0.25, -0.2) is 0 Å². The number of amides is 1. The molecule has 7 heteroatoms. The molecule has 0 fully saturated rings. The number of rotatable bonds is 6. The first-order valence-corrected chi connectivity index (χ1v) is 8.97. The van der Waals surface area contributed by atoms with Crippen molar-refractivity contribution in [2.45, 2.75) is 19.5 Å². The quantitative estimate of drug-likeness (QED) is 0.707. The van der Waals surface area contributed by atoms with Crippen molar-refractivity contribution in [1.82, 2.24) is 15.5 Å². The maximum absolute atomic E-state index is 11.6. The zero-order chi connectivity index (χ0) is 17.8. The second-order valence-electron chi connectivity index (χ2n) is 5.94. The monoisotopic (exact) mass is 357 g/mol. The largest absolute Gasteiger partial charge is 0.414 e. The fourth-order valence-electron chi connectivity index (χ4n) is 2.51. The molecule has 1 amide bonds.